The number of methoxy groups -OCH3 is 1. The standard InChI is InChI=1S/C20H15Br2N3O3S/c1-28-18-12(9-14(21)11-16(18)22)5-6-17(26)24-15-4-2-3-13(10-15)19(27)25-20-23-7-8-29-20/h2-11H,1H3,(H,24,26)(H,23,25,27)/b6-5+. The summed E-state index contributed by atoms with van der Waals surface area (Å²) in [5.74, 6) is -0.00551. The Hall–Kier alpha value is -2.49. The lowest BCUT2D eigenvalue weighted by molar-refractivity contribution is -0.111. The normalized spacial score (nSPS) is 10.7. The van der Waals surface area contributed by atoms with Crippen molar-refractivity contribution < 1.29 is 14.3 Å². The number of carbonyl (C=O) groups is 2. The van der Waals surface area contributed by atoms with Crippen molar-refractivity contribution in [3.63, 3.8) is 0 Å². The maximum atomic E-state index is 12.3. The zero-order chi connectivity index (χ0) is 20.8. The van der Waals surface area contributed by atoms with Crippen LogP contribution in [0.15, 0.2) is 63.0 Å². The number of rotatable bonds is 6. The van der Waals surface area contributed by atoms with Gasteiger partial charge in [0.15, 0.2) is 5.13 Å². The maximum Gasteiger partial charge on any atom is 0.257 e. The van der Waals surface area contributed by atoms with Crippen LogP contribution >= 0.6 is 43.2 Å². The number of nitrogens with zero attached hydrogens (tertiary/aromatic N) is 1. The molecule has 0 atom stereocenters. The molecule has 0 saturated heterocycles. The van der Waals surface area contributed by atoms with E-state index in [9.17, 15) is 9.59 Å². The van der Waals surface area contributed by atoms with Gasteiger partial charge in [-0.25, -0.2) is 4.98 Å². The lowest BCUT2D eigenvalue weighted by atomic mass is 10.1. The van der Waals surface area contributed by atoms with Gasteiger partial charge in [-0.2, -0.15) is 0 Å². The highest BCUT2D eigenvalue weighted by Crippen LogP contribution is 2.33. The van der Waals surface area contributed by atoms with Crippen molar-refractivity contribution in [2.75, 3.05) is 17.7 Å². The van der Waals surface area contributed by atoms with E-state index in [1.165, 1.54) is 17.4 Å². The number of anilines is 2. The SMILES string of the molecule is COc1c(Br)cc(Br)cc1/C=C/C(=O)Nc1cccc(C(=O)Nc2nccs2)c1. The Morgan fingerprint density at radius 3 is 2.72 bits per heavy atom. The van der Waals surface area contributed by atoms with E-state index in [1.807, 2.05) is 12.1 Å². The molecule has 1 heterocycles. The molecule has 1 aromatic heterocycles. The van der Waals surface area contributed by atoms with E-state index in [1.54, 1.807) is 49.0 Å². The first-order valence-electron chi connectivity index (χ1n) is 8.29. The summed E-state index contributed by atoms with van der Waals surface area (Å²) < 4.78 is 6.99. The molecule has 29 heavy (non-hydrogen) atoms. The number of benzene rings is 2. The van der Waals surface area contributed by atoms with Gasteiger partial charge in [0.2, 0.25) is 5.91 Å². The summed E-state index contributed by atoms with van der Waals surface area (Å²) >= 11 is 8.18. The van der Waals surface area contributed by atoms with Crippen LogP contribution in [0.2, 0.25) is 0 Å². The quantitative estimate of drug-likeness (QED) is 0.403. The maximum absolute atomic E-state index is 12.3. The zero-order valence-corrected chi connectivity index (χ0v) is 19.1. The van der Waals surface area contributed by atoms with Crippen molar-refractivity contribution in [1.82, 2.24) is 4.98 Å². The van der Waals surface area contributed by atoms with Crippen molar-refractivity contribution in [3.8, 4) is 5.75 Å². The number of halogens is 2. The number of ether oxygens (including phenoxy) is 1. The number of carbonyl (C=O) groups excluding carboxylic acids is 2. The molecule has 9 heteroatoms. The second kappa shape index (κ2) is 9.82. The van der Waals surface area contributed by atoms with Crippen molar-refractivity contribution in [3.05, 3.63) is 74.1 Å². The van der Waals surface area contributed by atoms with Gasteiger partial charge in [-0.3, -0.25) is 14.9 Å². The monoisotopic (exact) mass is 535 g/mol. The fourth-order valence-corrected chi connectivity index (χ4v) is 4.41. The Balaban J connectivity index is 1.70. The van der Waals surface area contributed by atoms with E-state index < -0.39 is 0 Å². The Labute approximate surface area is 188 Å². The molecule has 0 aliphatic carbocycles. The first-order chi connectivity index (χ1) is 14.0. The fourth-order valence-electron chi connectivity index (χ4n) is 2.46. The summed E-state index contributed by atoms with van der Waals surface area (Å²) in [5.41, 5.74) is 1.66. The average Bonchev–Trinajstić information content (AvgIpc) is 3.19. The van der Waals surface area contributed by atoms with Crippen molar-refractivity contribution in [2.45, 2.75) is 0 Å². The summed E-state index contributed by atoms with van der Waals surface area (Å²) in [4.78, 5) is 28.6. The van der Waals surface area contributed by atoms with Gasteiger partial charge in [0.25, 0.3) is 5.91 Å². The molecule has 3 aromatic rings. The summed E-state index contributed by atoms with van der Waals surface area (Å²) in [6.45, 7) is 0. The molecule has 0 radical (unpaired) electrons. The minimum Gasteiger partial charge on any atom is -0.495 e. The third-order valence-corrected chi connectivity index (χ3v) is 5.44. The van der Waals surface area contributed by atoms with Gasteiger partial charge in [0.05, 0.1) is 11.6 Å². The summed E-state index contributed by atoms with van der Waals surface area (Å²) in [5, 5.41) is 7.75. The number of hydrogen-bond acceptors (Lipinski definition) is 5. The fraction of sp³-hybridized carbons (Fsp3) is 0.0500. The predicted octanol–water partition coefficient (Wildman–Crippen LogP) is 5.58. The predicted molar refractivity (Wildman–Crippen MR) is 123 cm³/mol. The van der Waals surface area contributed by atoms with Crippen molar-refractivity contribution in [2.24, 2.45) is 0 Å². The molecule has 2 N–H and O–H groups in total. The molecule has 6 nitrogen and oxygen atoms in total. The van der Waals surface area contributed by atoms with Gasteiger partial charge in [0, 0.05) is 38.9 Å². The van der Waals surface area contributed by atoms with Crippen molar-refractivity contribution in [1.29, 1.82) is 0 Å². The molecule has 2 amide bonds. The van der Waals surface area contributed by atoms with Gasteiger partial charge in [0.1, 0.15) is 5.75 Å². The molecule has 0 spiro atoms. The molecule has 0 aliphatic rings. The van der Waals surface area contributed by atoms with Crippen LogP contribution < -0.4 is 15.4 Å². The molecular weight excluding hydrogens is 522 g/mol. The van der Waals surface area contributed by atoms with Gasteiger partial charge >= 0.3 is 0 Å². The highest BCUT2D eigenvalue weighted by Gasteiger charge is 2.10. The smallest absolute Gasteiger partial charge is 0.257 e. The van der Waals surface area contributed by atoms with E-state index in [2.05, 4.69) is 47.5 Å². The van der Waals surface area contributed by atoms with Gasteiger partial charge in [-0.1, -0.05) is 22.0 Å². The van der Waals surface area contributed by atoms with Crippen LogP contribution in [0.1, 0.15) is 15.9 Å². The molecule has 0 unspecified atom stereocenters. The van der Waals surface area contributed by atoms with E-state index in [0.717, 1.165) is 14.5 Å². The largest absolute Gasteiger partial charge is 0.495 e. The first kappa shape index (κ1) is 21.2. The average molecular weight is 537 g/mol. The minimum absolute atomic E-state index is 0.296. The summed E-state index contributed by atoms with van der Waals surface area (Å²) in [6, 6.07) is 10.4. The Bertz CT molecular complexity index is 1070. The molecule has 3 rings (SSSR count). The Kier molecular flexibility index (Phi) is 7.18. The van der Waals surface area contributed by atoms with Crippen LogP contribution in [0, 0.1) is 0 Å². The number of thiazole rings is 1. The lowest BCUT2D eigenvalue weighted by Gasteiger charge is -2.08. The van der Waals surface area contributed by atoms with Crippen LogP contribution in [0.5, 0.6) is 5.75 Å². The Morgan fingerprint density at radius 1 is 1.17 bits per heavy atom. The highest BCUT2D eigenvalue weighted by atomic mass is 79.9. The third kappa shape index (κ3) is 5.75. The van der Waals surface area contributed by atoms with Gasteiger partial charge < -0.3 is 10.1 Å². The van der Waals surface area contributed by atoms with Crippen LogP contribution in [-0.4, -0.2) is 23.9 Å². The van der Waals surface area contributed by atoms with E-state index in [-0.39, 0.29) is 11.8 Å². The summed E-state index contributed by atoms with van der Waals surface area (Å²) in [7, 11) is 1.56. The zero-order valence-electron chi connectivity index (χ0n) is 15.1. The molecule has 148 valence electrons. The second-order valence-electron chi connectivity index (χ2n) is 5.70. The van der Waals surface area contributed by atoms with Crippen LogP contribution in [0.3, 0.4) is 0 Å². The molecule has 0 bridgehead atoms. The molecule has 2 aromatic carbocycles. The molecule has 0 fully saturated rings. The number of hydrogen-bond donors (Lipinski definition) is 2. The molecule has 0 aliphatic heterocycles. The highest BCUT2D eigenvalue weighted by molar-refractivity contribution is 9.11. The number of aromatic nitrogens is 1. The van der Waals surface area contributed by atoms with Gasteiger partial charge in [-0.05, 0) is 52.3 Å². The first-order valence-corrected chi connectivity index (χ1v) is 10.8. The number of amides is 2. The lowest BCUT2D eigenvalue weighted by Crippen LogP contribution is -2.13. The molecular formula is C20H15Br2N3O3S. The van der Waals surface area contributed by atoms with E-state index in [0.29, 0.717) is 22.1 Å². The summed E-state index contributed by atoms with van der Waals surface area (Å²) in [6.07, 6.45) is 4.67. The van der Waals surface area contributed by atoms with Crippen LogP contribution in [0.25, 0.3) is 6.08 Å². The minimum atomic E-state index is -0.333. The van der Waals surface area contributed by atoms with Crippen LogP contribution in [0.4, 0.5) is 10.8 Å². The molecule has 0 saturated carbocycles. The van der Waals surface area contributed by atoms with Crippen LogP contribution in [-0.2, 0) is 4.79 Å². The van der Waals surface area contributed by atoms with E-state index in [4.69, 9.17) is 4.74 Å². The number of nitrogens with one attached hydrogen (secondary N) is 2. The van der Waals surface area contributed by atoms with Crippen molar-refractivity contribution >= 4 is 71.9 Å². The topological polar surface area (TPSA) is 80.3 Å². The second-order valence-corrected chi connectivity index (χ2v) is 8.37. The van der Waals surface area contributed by atoms with Gasteiger partial charge in [-0.15, -0.1) is 11.3 Å². The third-order valence-electron chi connectivity index (χ3n) is 3.70. The Morgan fingerprint density at radius 2 is 2.00 bits per heavy atom. The van der Waals surface area contributed by atoms with E-state index >= 15 is 0 Å².